The number of aliphatic hydroxyl groups excluding tert-OH is 1. The van der Waals surface area contributed by atoms with Gasteiger partial charge in [-0.05, 0) is 19.1 Å². The number of carboxylic acids is 1. The number of aliphatic hydroxyl groups is 1. The lowest BCUT2D eigenvalue weighted by Crippen LogP contribution is -2.28. The number of carboxylic acid groups (broad SMARTS) is 1. The first-order chi connectivity index (χ1) is 8.01. The van der Waals surface area contributed by atoms with Crippen LogP contribution >= 0.6 is 0 Å². The number of carbonyl (C=O) groups is 1. The fraction of sp³-hybridized carbons (Fsp3) is 0.364. The Labute approximate surface area is 97.1 Å². The van der Waals surface area contributed by atoms with Crippen molar-refractivity contribution in [2.45, 2.75) is 6.92 Å². The number of rotatable bonds is 5. The van der Waals surface area contributed by atoms with Gasteiger partial charge >= 0.3 is 5.97 Å². The first-order valence-electron chi connectivity index (χ1n) is 5.09. The van der Waals surface area contributed by atoms with Gasteiger partial charge in [-0.2, -0.15) is 0 Å². The molecule has 0 saturated heterocycles. The molecule has 0 unspecified atom stereocenters. The van der Waals surface area contributed by atoms with E-state index in [-0.39, 0.29) is 18.8 Å². The number of nitrogens with zero attached hydrogens (tertiary/aromatic N) is 1. The topological polar surface area (TPSA) is 60.8 Å². The van der Waals surface area contributed by atoms with Gasteiger partial charge in [0, 0.05) is 13.1 Å². The third-order valence-corrected chi connectivity index (χ3v) is 2.33. The summed E-state index contributed by atoms with van der Waals surface area (Å²) in [6, 6.07) is 1.53. The van der Waals surface area contributed by atoms with E-state index in [0.29, 0.717) is 6.54 Å². The highest BCUT2D eigenvalue weighted by Gasteiger charge is 2.18. The molecule has 1 rings (SSSR count). The van der Waals surface area contributed by atoms with Crippen molar-refractivity contribution < 1.29 is 23.8 Å². The van der Waals surface area contributed by atoms with Crippen molar-refractivity contribution in [1.29, 1.82) is 0 Å². The van der Waals surface area contributed by atoms with Gasteiger partial charge in [-0.25, -0.2) is 13.6 Å². The zero-order valence-electron chi connectivity index (χ0n) is 9.28. The molecule has 0 fully saturated rings. The van der Waals surface area contributed by atoms with Crippen LogP contribution in [0.3, 0.4) is 0 Å². The number of anilines is 1. The lowest BCUT2D eigenvalue weighted by Gasteiger charge is -2.23. The fourth-order valence-corrected chi connectivity index (χ4v) is 1.54. The number of hydrogen-bond donors (Lipinski definition) is 2. The van der Waals surface area contributed by atoms with Crippen LogP contribution in [0.5, 0.6) is 0 Å². The van der Waals surface area contributed by atoms with Crippen LogP contribution in [0.4, 0.5) is 14.5 Å². The Morgan fingerprint density at radius 2 is 1.88 bits per heavy atom. The average molecular weight is 245 g/mol. The second kappa shape index (κ2) is 5.58. The highest BCUT2D eigenvalue weighted by Crippen LogP contribution is 2.24. The highest BCUT2D eigenvalue weighted by molar-refractivity contribution is 5.88. The predicted octanol–water partition coefficient (Wildman–Crippen LogP) is 1.48. The lowest BCUT2D eigenvalue weighted by atomic mass is 10.1. The van der Waals surface area contributed by atoms with Crippen molar-refractivity contribution in [1.82, 2.24) is 0 Å². The van der Waals surface area contributed by atoms with Crippen LogP contribution in [0, 0.1) is 11.6 Å². The summed E-state index contributed by atoms with van der Waals surface area (Å²) in [7, 11) is 0. The Hall–Kier alpha value is -1.69. The SMILES string of the molecule is CCN(CCO)c1c(F)cc(C(=O)O)cc1F. The first kappa shape index (κ1) is 13.4. The summed E-state index contributed by atoms with van der Waals surface area (Å²) in [6.45, 7) is 1.82. The van der Waals surface area contributed by atoms with Crippen LogP contribution in [0.15, 0.2) is 12.1 Å². The molecule has 4 nitrogen and oxygen atoms in total. The van der Waals surface area contributed by atoms with Crippen molar-refractivity contribution in [3.63, 3.8) is 0 Å². The molecule has 17 heavy (non-hydrogen) atoms. The summed E-state index contributed by atoms with van der Waals surface area (Å²) >= 11 is 0. The number of hydrogen-bond acceptors (Lipinski definition) is 3. The monoisotopic (exact) mass is 245 g/mol. The van der Waals surface area contributed by atoms with Crippen molar-refractivity contribution in [2.24, 2.45) is 0 Å². The van der Waals surface area contributed by atoms with Crippen molar-refractivity contribution in [2.75, 3.05) is 24.6 Å². The summed E-state index contributed by atoms with van der Waals surface area (Å²) in [5, 5.41) is 17.4. The van der Waals surface area contributed by atoms with Gasteiger partial charge < -0.3 is 15.1 Å². The van der Waals surface area contributed by atoms with Crippen molar-refractivity contribution in [3.05, 3.63) is 29.3 Å². The van der Waals surface area contributed by atoms with Gasteiger partial charge in [-0.3, -0.25) is 0 Å². The minimum atomic E-state index is -1.39. The molecule has 0 amide bonds. The molecule has 0 aliphatic heterocycles. The molecule has 0 aliphatic carbocycles. The Balaban J connectivity index is 3.20. The number of halogens is 2. The molecular formula is C11H13F2NO3. The van der Waals surface area contributed by atoms with Crippen LogP contribution in [0.25, 0.3) is 0 Å². The van der Waals surface area contributed by atoms with Gasteiger partial charge in [-0.1, -0.05) is 0 Å². The van der Waals surface area contributed by atoms with Crippen molar-refractivity contribution in [3.8, 4) is 0 Å². The highest BCUT2D eigenvalue weighted by atomic mass is 19.1. The van der Waals surface area contributed by atoms with Crippen LogP contribution in [0.1, 0.15) is 17.3 Å². The fourth-order valence-electron chi connectivity index (χ4n) is 1.54. The zero-order valence-corrected chi connectivity index (χ0v) is 9.28. The number of aromatic carboxylic acids is 1. The second-order valence-corrected chi connectivity index (χ2v) is 3.40. The molecule has 6 heteroatoms. The Morgan fingerprint density at radius 1 is 1.35 bits per heavy atom. The molecule has 0 atom stereocenters. The standard InChI is InChI=1S/C11H13F2NO3/c1-2-14(3-4-15)10-8(12)5-7(11(16)17)6-9(10)13/h5-6,15H,2-4H2,1H3,(H,16,17). The molecule has 0 aromatic heterocycles. The Bertz CT molecular complexity index is 400. The van der Waals surface area contributed by atoms with E-state index in [2.05, 4.69) is 0 Å². The van der Waals surface area contributed by atoms with E-state index in [1.54, 1.807) is 6.92 Å². The Morgan fingerprint density at radius 3 is 2.24 bits per heavy atom. The smallest absolute Gasteiger partial charge is 0.335 e. The quantitative estimate of drug-likeness (QED) is 0.825. The van der Waals surface area contributed by atoms with E-state index >= 15 is 0 Å². The zero-order chi connectivity index (χ0) is 13.0. The third-order valence-electron chi connectivity index (χ3n) is 2.33. The van der Waals surface area contributed by atoms with Gasteiger partial charge in [0.25, 0.3) is 0 Å². The van der Waals surface area contributed by atoms with E-state index < -0.39 is 23.2 Å². The summed E-state index contributed by atoms with van der Waals surface area (Å²) in [5.74, 6) is -3.28. The van der Waals surface area contributed by atoms with Gasteiger partial charge in [0.1, 0.15) is 17.3 Å². The minimum absolute atomic E-state index is 0.0801. The average Bonchev–Trinajstić information content (AvgIpc) is 2.26. The maximum absolute atomic E-state index is 13.6. The third kappa shape index (κ3) is 2.91. The van der Waals surface area contributed by atoms with E-state index in [1.807, 2.05) is 0 Å². The van der Waals surface area contributed by atoms with Gasteiger partial charge in [-0.15, -0.1) is 0 Å². The molecule has 94 valence electrons. The van der Waals surface area contributed by atoms with Crippen LogP contribution in [-0.2, 0) is 0 Å². The normalized spacial score (nSPS) is 10.4. The summed E-state index contributed by atoms with van der Waals surface area (Å²) < 4.78 is 27.2. The molecule has 1 aromatic rings. The summed E-state index contributed by atoms with van der Waals surface area (Å²) in [4.78, 5) is 11.9. The molecule has 0 radical (unpaired) electrons. The largest absolute Gasteiger partial charge is 0.478 e. The molecular weight excluding hydrogens is 232 g/mol. The molecule has 0 spiro atoms. The van der Waals surface area contributed by atoms with Gasteiger partial charge in [0.2, 0.25) is 0 Å². The minimum Gasteiger partial charge on any atom is -0.478 e. The van der Waals surface area contributed by atoms with Crippen LogP contribution < -0.4 is 4.90 Å². The maximum Gasteiger partial charge on any atom is 0.335 e. The molecule has 0 aliphatic rings. The predicted molar refractivity (Wildman–Crippen MR) is 58.3 cm³/mol. The number of benzene rings is 1. The van der Waals surface area contributed by atoms with Gasteiger partial charge in [0.05, 0.1) is 12.2 Å². The maximum atomic E-state index is 13.6. The van der Waals surface area contributed by atoms with E-state index in [9.17, 15) is 13.6 Å². The van der Waals surface area contributed by atoms with E-state index in [0.717, 1.165) is 12.1 Å². The Kier molecular flexibility index (Phi) is 4.39. The summed E-state index contributed by atoms with van der Waals surface area (Å²) in [6.07, 6.45) is 0. The lowest BCUT2D eigenvalue weighted by molar-refractivity contribution is 0.0695. The molecule has 0 heterocycles. The van der Waals surface area contributed by atoms with Crippen molar-refractivity contribution >= 4 is 11.7 Å². The van der Waals surface area contributed by atoms with E-state index in [1.165, 1.54) is 4.90 Å². The molecule has 0 bridgehead atoms. The van der Waals surface area contributed by atoms with Crippen LogP contribution in [0.2, 0.25) is 0 Å². The molecule has 1 aromatic carbocycles. The van der Waals surface area contributed by atoms with Gasteiger partial charge in [0.15, 0.2) is 0 Å². The van der Waals surface area contributed by atoms with E-state index in [4.69, 9.17) is 10.2 Å². The number of likely N-dealkylation sites (N-methyl/N-ethyl adjacent to an activating group) is 1. The molecule has 0 saturated carbocycles. The summed E-state index contributed by atoms with van der Waals surface area (Å²) in [5.41, 5.74) is -0.754. The molecule has 2 N–H and O–H groups in total. The first-order valence-corrected chi connectivity index (χ1v) is 5.09. The van der Waals surface area contributed by atoms with Crippen LogP contribution in [-0.4, -0.2) is 35.9 Å². The second-order valence-electron chi connectivity index (χ2n) is 3.40.